The molecule has 0 atom stereocenters. The van der Waals surface area contributed by atoms with Gasteiger partial charge < -0.3 is 10.6 Å². The van der Waals surface area contributed by atoms with Gasteiger partial charge in [-0.15, -0.1) is 0 Å². The van der Waals surface area contributed by atoms with E-state index in [0.29, 0.717) is 18.9 Å². The van der Waals surface area contributed by atoms with E-state index in [0.717, 1.165) is 5.69 Å². The first kappa shape index (κ1) is 14.6. The molecule has 0 aliphatic heterocycles. The molecule has 0 unspecified atom stereocenters. The molecule has 18 heavy (non-hydrogen) atoms. The number of benzene rings is 1. The molecule has 1 aromatic carbocycles. The van der Waals surface area contributed by atoms with Crippen LogP contribution in [-0.2, 0) is 4.79 Å². The van der Waals surface area contributed by atoms with Crippen molar-refractivity contribution < 1.29 is 4.79 Å². The maximum absolute atomic E-state index is 11.5. The number of nitrogens with one attached hydrogen (secondary N) is 2. The van der Waals surface area contributed by atoms with E-state index in [-0.39, 0.29) is 11.9 Å². The number of carbonyl (C=O) groups excluding carboxylic acids is 1. The Morgan fingerprint density at radius 3 is 2.44 bits per heavy atom. The second-order valence-electron chi connectivity index (χ2n) is 5.14. The van der Waals surface area contributed by atoms with Crippen molar-refractivity contribution in [2.75, 3.05) is 11.9 Å². The van der Waals surface area contributed by atoms with Gasteiger partial charge in [-0.2, -0.15) is 0 Å². The number of hydrogen-bond donors (Lipinski definition) is 2. The fourth-order valence-corrected chi connectivity index (χ4v) is 1.87. The zero-order chi connectivity index (χ0) is 13.5. The second kappa shape index (κ2) is 7.04. The summed E-state index contributed by atoms with van der Waals surface area (Å²) >= 11 is 0. The lowest BCUT2D eigenvalue weighted by Crippen LogP contribution is -2.31. The Morgan fingerprint density at radius 2 is 1.83 bits per heavy atom. The predicted octanol–water partition coefficient (Wildman–Crippen LogP) is 3.14. The SMILES string of the molecule is CC(C)NC(=O)CCNc1ccccc1C(C)C. The van der Waals surface area contributed by atoms with E-state index in [1.165, 1.54) is 5.56 Å². The van der Waals surface area contributed by atoms with Gasteiger partial charge in [0, 0.05) is 24.7 Å². The highest BCUT2D eigenvalue weighted by Crippen LogP contribution is 2.23. The molecule has 0 saturated carbocycles. The van der Waals surface area contributed by atoms with Crippen LogP contribution in [0.5, 0.6) is 0 Å². The van der Waals surface area contributed by atoms with Gasteiger partial charge in [0.15, 0.2) is 0 Å². The summed E-state index contributed by atoms with van der Waals surface area (Å²) in [6.07, 6.45) is 0.505. The largest absolute Gasteiger partial charge is 0.384 e. The van der Waals surface area contributed by atoms with Crippen molar-refractivity contribution >= 4 is 11.6 Å². The molecule has 0 bridgehead atoms. The number of carbonyl (C=O) groups is 1. The second-order valence-corrected chi connectivity index (χ2v) is 5.14. The van der Waals surface area contributed by atoms with Crippen LogP contribution >= 0.6 is 0 Å². The van der Waals surface area contributed by atoms with Crippen LogP contribution in [0.15, 0.2) is 24.3 Å². The van der Waals surface area contributed by atoms with Gasteiger partial charge in [0.1, 0.15) is 0 Å². The fourth-order valence-electron chi connectivity index (χ4n) is 1.87. The summed E-state index contributed by atoms with van der Waals surface area (Å²) in [5, 5.41) is 6.23. The Labute approximate surface area is 110 Å². The summed E-state index contributed by atoms with van der Waals surface area (Å²) in [5.74, 6) is 0.581. The van der Waals surface area contributed by atoms with E-state index < -0.39 is 0 Å². The summed E-state index contributed by atoms with van der Waals surface area (Å²) in [4.78, 5) is 11.5. The molecule has 1 aromatic rings. The van der Waals surface area contributed by atoms with E-state index >= 15 is 0 Å². The Balaban J connectivity index is 2.46. The lowest BCUT2D eigenvalue weighted by molar-refractivity contribution is -0.121. The molecule has 0 aliphatic carbocycles. The average molecular weight is 248 g/mol. The van der Waals surface area contributed by atoms with Crippen LogP contribution in [0.4, 0.5) is 5.69 Å². The van der Waals surface area contributed by atoms with Crippen molar-refractivity contribution in [3.63, 3.8) is 0 Å². The molecular formula is C15H24N2O. The quantitative estimate of drug-likeness (QED) is 0.812. The standard InChI is InChI=1S/C15H24N2O/c1-11(2)13-7-5-6-8-14(13)16-10-9-15(18)17-12(3)4/h5-8,11-12,16H,9-10H2,1-4H3,(H,17,18). The van der Waals surface area contributed by atoms with Crippen molar-refractivity contribution in [3.05, 3.63) is 29.8 Å². The van der Waals surface area contributed by atoms with Crippen LogP contribution in [0.25, 0.3) is 0 Å². The van der Waals surface area contributed by atoms with Crippen molar-refractivity contribution in [2.45, 2.75) is 46.1 Å². The lowest BCUT2D eigenvalue weighted by atomic mass is 10.0. The fraction of sp³-hybridized carbons (Fsp3) is 0.533. The van der Waals surface area contributed by atoms with Crippen molar-refractivity contribution in [1.82, 2.24) is 5.32 Å². The molecule has 0 aromatic heterocycles. The van der Waals surface area contributed by atoms with Crippen LogP contribution in [0.1, 0.15) is 45.6 Å². The van der Waals surface area contributed by atoms with Gasteiger partial charge in [-0.3, -0.25) is 4.79 Å². The minimum atomic E-state index is 0.0968. The van der Waals surface area contributed by atoms with Gasteiger partial charge >= 0.3 is 0 Å². The number of anilines is 1. The maximum Gasteiger partial charge on any atom is 0.221 e. The molecule has 0 saturated heterocycles. The van der Waals surface area contributed by atoms with Gasteiger partial charge in [-0.25, -0.2) is 0 Å². The molecule has 0 spiro atoms. The van der Waals surface area contributed by atoms with Gasteiger partial charge in [-0.1, -0.05) is 32.0 Å². The molecule has 0 fully saturated rings. The highest BCUT2D eigenvalue weighted by Gasteiger charge is 2.06. The molecule has 2 N–H and O–H groups in total. The van der Waals surface area contributed by atoms with Crippen molar-refractivity contribution in [3.8, 4) is 0 Å². The summed E-state index contributed by atoms with van der Waals surface area (Å²) in [7, 11) is 0. The summed E-state index contributed by atoms with van der Waals surface area (Å²) in [6.45, 7) is 8.96. The average Bonchev–Trinajstić information content (AvgIpc) is 2.28. The van der Waals surface area contributed by atoms with Crippen LogP contribution in [0.3, 0.4) is 0 Å². The third-order valence-corrected chi connectivity index (χ3v) is 2.70. The molecule has 1 rings (SSSR count). The molecule has 0 radical (unpaired) electrons. The van der Waals surface area contributed by atoms with Gasteiger partial charge in [-0.05, 0) is 31.4 Å². The monoisotopic (exact) mass is 248 g/mol. The molecular weight excluding hydrogens is 224 g/mol. The Morgan fingerprint density at radius 1 is 1.17 bits per heavy atom. The van der Waals surface area contributed by atoms with Crippen LogP contribution in [-0.4, -0.2) is 18.5 Å². The first-order chi connectivity index (χ1) is 8.50. The number of amides is 1. The first-order valence-electron chi connectivity index (χ1n) is 6.63. The van der Waals surface area contributed by atoms with E-state index in [9.17, 15) is 4.79 Å². The molecule has 100 valence electrons. The van der Waals surface area contributed by atoms with Gasteiger partial charge in [0.2, 0.25) is 5.91 Å². The zero-order valence-electron chi connectivity index (χ0n) is 11.8. The topological polar surface area (TPSA) is 41.1 Å². The molecule has 1 amide bonds. The zero-order valence-corrected chi connectivity index (χ0v) is 11.8. The van der Waals surface area contributed by atoms with E-state index in [4.69, 9.17) is 0 Å². The van der Waals surface area contributed by atoms with Crippen molar-refractivity contribution in [2.24, 2.45) is 0 Å². The highest BCUT2D eigenvalue weighted by atomic mass is 16.1. The summed E-state index contributed by atoms with van der Waals surface area (Å²) < 4.78 is 0. The van der Waals surface area contributed by atoms with Crippen LogP contribution in [0, 0.1) is 0 Å². The van der Waals surface area contributed by atoms with Crippen molar-refractivity contribution in [1.29, 1.82) is 0 Å². The van der Waals surface area contributed by atoms with Crippen LogP contribution < -0.4 is 10.6 Å². The predicted molar refractivity (Wildman–Crippen MR) is 76.9 cm³/mol. The number of para-hydroxylation sites is 1. The smallest absolute Gasteiger partial charge is 0.221 e. The summed E-state index contributed by atoms with van der Waals surface area (Å²) in [5.41, 5.74) is 2.42. The normalized spacial score (nSPS) is 10.8. The minimum Gasteiger partial charge on any atom is -0.384 e. The molecule has 0 heterocycles. The van der Waals surface area contributed by atoms with E-state index in [1.807, 2.05) is 26.0 Å². The number of hydrogen-bond acceptors (Lipinski definition) is 2. The molecule has 3 heteroatoms. The Hall–Kier alpha value is -1.51. The van der Waals surface area contributed by atoms with Gasteiger partial charge in [0.05, 0.1) is 0 Å². The van der Waals surface area contributed by atoms with E-state index in [2.05, 4.69) is 36.6 Å². The maximum atomic E-state index is 11.5. The highest BCUT2D eigenvalue weighted by molar-refractivity contribution is 5.76. The van der Waals surface area contributed by atoms with E-state index in [1.54, 1.807) is 0 Å². The number of rotatable bonds is 6. The third kappa shape index (κ3) is 4.78. The first-order valence-corrected chi connectivity index (χ1v) is 6.63. The van der Waals surface area contributed by atoms with Gasteiger partial charge in [0.25, 0.3) is 0 Å². The Kier molecular flexibility index (Phi) is 5.69. The Bertz CT molecular complexity index is 386. The summed E-state index contributed by atoms with van der Waals surface area (Å²) in [6, 6.07) is 8.46. The third-order valence-electron chi connectivity index (χ3n) is 2.70. The van der Waals surface area contributed by atoms with Crippen LogP contribution in [0.2, 0.25) is 0 Å². The molecule has 0 aliphatic rings. The lowest BCUT2D eigenvalue weighted by Gasteiger charge is -2.14. The minimum absolute atomic E-state index is 0.0968. The molecule has 3 nitrogen and oxygen atoms in total.